The first kappa shape index (κ1) is 41.3. The zero-order valence-corrected chi connectivity index (χ0v) is 27.7. The van der Waals surface area contributed by atoms with Gasteiger partial charge in [0.15, 0.2) is 0 Å². The third-order valence-corrected chi connectivity index (χ3v) is 6.54. The summed E-state index contributed by atoms with van der Waals surface area (Å²) in [6.45, 7) is 4.71. The Morgan fingerprint density at radius 1 is 0.514 bits per heavy atom. The molecule has 0 saturated heterocycles. The van der Waals surface area contributed by atoms with Crippen molar-refractivity contribution in [1.82, 2.24) is 0 Å². The molecule has 1 atom stereocenters. The molecule has 35 heavy (non-hydrogen) atoms. The molecule has 0 bridgehead atoms. The maximum atomic E-state index is 10.4. The SMILES string of the molecule is CCCCCCCCCCCCOP(=O)(O)O.CCCCCCCCCCCCOP(=O)([O-])O.[K+]. The fraction of sp³-hybridized carbons (Fsp3) is 1.00. The van der Waals surface area contributed by atoms with Gasteiger partial charge in [0.2, 0.25) is 0 Å². The van der Waals surface area contributed by atoms with Gasteiger partial charge in [-0.2, -0.15) is 0 Å². The fourth-order valence-corrected chi connectivity index (χ4v) is 4.27. The van der Waals surface area contributed by atoms with Crippen LogP contribution in [0.3, 0.4) is 0 Å². The van der Waals surface area contributed by atoms with Gasteiger partial charge in [0.05, 0.1) is 13.2 Å². The van der Waals surface area contributed by atoms with E-state index in [1.807, 2.05) is 0 Å². The van der Waals surface area contributed by atoms with Crippen LogP contribution >= 0.6 is 15.6 Å². The van der Waals surface area contributed by atoms with Crippen LogP contribution in [0.5, 0.6) is 0 Å². The van der Waals surface area contributed by atoms with E-state index in [9.17, 15) is 14.0 Å². The van der Waals surface area contributed by atoms with Gasteiger partial charge in [0.25, 0.3) is 7.82 Å². The first-order valence-corrected chi connectivity index (χ1v) is 16.5. The van der Waals surface area contributed by atoms with E-state index >= 15 is 0 Å². The third kappa shape index (κ3) is 46.1. The molecule has 0 aliphatic carbocycles. The molecule has 0 fully saturated rings. The van der Waals surface area contributed by atoms with Crippen molar-refractivity contribution in [3.63, 3.8) is 0 Å². The summed E-state index contributed by atoms with van der Waals surface area (Å²) in [6, 6.07) is 0. The molecular weight excluding hydrogens is 517 g/mol. The Balaban J connectivity index is -0.000000569. The Morgan fingerprint density at radius 3 is 1.03 bits per heavy atom. The summed E-state index contributed by atoms with van der Waals surface area (Å²) in [7, 11) is -8.74. The second kappa shape index (κ2) is 30.4. The molecule has 0 aromatic heterocycles. The minimum atomic E-state index is -4.49. The first-order valence-electron chi connectivity index (χ1n) is 13.5. The minimum Gasteiger partial charge on any atom is -0.756 e. The Labute approximate surface area is 258 Å². The quantitative estimate of drug-likeness (QED) is 0.0882. The normalized spacial score (nSPS) is 13.0. The average Bonchev–Trinajstić information content (AvgIpc) is 2.75. The summed E-state index contributed by atoms with van der Waals surface area (Å²) >= 11 is 0. The van der Waals surface area contributed by atoms with Crippen LogP contribution in [0.15, 0.2) is 0 Å². The summed E-state index contributed by atoms with van der Waals surface area (Å²) in [6.07, 6.45) is 23.9. The van der Waals surface area contributed by atoms with E-state index in [4.69, 9.17) is 14.7 Å². The molecule has 8 nitrogen and oxygen atoms in total. The standard InChI is InChI=1S/2C12H27O4P.K/c2*1-2-3-4-5-6-7-8-9-10-11-12-16-17(13,14)15;/h2*2-12H2,1H3,(H2,13,14,15);/q;;+1/p-1. The summed E-state index contributed by atoms with van der Waals surface area (Å²) in [4.78, 5) is 35.5. The molecule has 0 aromatic carbocycles. The van der Waals surface area contributed by atoms with Crippen molar-refractivity contribution >= 4 is 15.6 Å². The molecule has 0 aromatic rings. The van der Waals surface area contributed by atoms with Gasteiger partial charge in [-0.1, -0.05) is 129 Å². The Hall–Kier alpha value is 1.86. The van der Waals surface area contributed by atoms with Gasteiger partial charge in [-0.25, -0.2) is 4.57 Å². The van der Waals surface area contributed by atoms with Crippen molar-refractivity contribution in [2.24, 2.45) is 0 Å². The molecule has 0 aliphatic heterocycles. The van der Waals surface area contributed by atoms with Crippen molar-refractivity contribution in [2.75, 3.05) is 13.2 Å². The maximum absolute atomic E-state index is 10.4. The van der Waals surface area contributed by atoms with Crippen molar-refractivity contribution in [1.29, 1.82) is 0 Å². The molecule has 1 unspecified atom stereocenters. The van der Waals surface area contributed by atoms with Crippen molar-refractivity contribution in [3.05, 3.63) is 0 Å². The van der Waals surface area contributed by atoms with E-state index in [0.717, 1.165) is 32.1 Å². The van der Waals surface area contributed by atoms with Crippen LogP contribution in [0.1, 0.15) is 142 Å². The van der Waals surface area contributed by atoms with Gasteiger partial charge in [-0.05, 0) is 12.8 Å². The monoisotopic (exact) mass is 570 g/mol. The van der Waals surface area contributed by atoms with E-state index in [1.54, 1.807) is 0 Å². The summed E-state index contributed by atoms with van der Waals surface area (Å²) in [5.74, 6) is 0. The molecule has 0 aliphatic rings. The number of rotatable bonds is 24. The van der Waals surface area contributed by atoms with Gasteiger partial charge in [0.1, 0.15) is 0 Å². The largest absolute Gasteiger partial charge is 1.00 e. The van der Waals surface area contributed by atoms with Crippen LogP contribution < -0.4 is 56.3 Å². The number of phosphoric acid groups is 2. The number of hydrogen-bond donors (Lipinski definition) is 3. The van der Waals surface area contributed by atoms with E-state index < -0.39 is 15.6 Å². The predicted molar refractivity (Wildman–Crippen MR) is 137 cm³/mol. The van der Waals surface area contributed by atoms with Crippen LogP contribution in [0.4, 0.5) is 0 Å². The molecule has 0 spiro atoms. The average molecular weight is 571 g/mol. The van der Waals surface area contributed by atoms with Crippen molar-refractivity contribution < 1.29 is 89.1 Å². The topological polar surface area (TPSA) is 136 Å². The van der Waals surface area contributed by atoms with Crippen LogP contribution in [0.25, 0.3) is 0 Å². The van der Waals surface area contributed by atoms with E-state index in [2.05, 4.69) is 22.9 Å². The van der Waals surface area contributed by atoms with Crippen LogP contribution in [-0.4, -0.2) is 27.9 Å². The zero-order valence-electron chi connectivity index (χ0n) is 22.8. The number of hydrogen-bond acceptors (Lipinski definition) is 5. The Bertz CT molecular complexity index is 456. The molecular formula is C24H53KO8P2. The second-order valence-electron chi connectivity index (χ2n) is 8.99. The summed E-state index contributed by atoms with van der Waals surface area (Å²) in [5.41, 5.74) is 0. The van der Waals surface area contributed by atoms with Gasteiger partial charge >= 0.3 is 59.2 Å². The van der Waals surface area contributed by atoms with Crippen molar-refractivity contribution in [3.8, 4) is 0 Å². The van der Waals surface area contributed by atoms with Gasteiger partial charge in [-0.3, -0.25) is 9.09 Å². The molecule has 208 valence electrons. The third-order valence-electron chi connectivity index (χ3n) is 5.51. The van der Waals surface area contributed by atoms with Crippen LogP contribution in [-0.2, 0) is 18.2 Å². The zero-order chi connectivity index (χ0) is 26.0. The van der Waals surface area contributed by atoms with Gasteiger partial charge in [0, 0.05) is 0 Å². The second-order valence-corrected chi connectivity index (χ2v) is 11.4. The Kier molecular flexibility index (Phi) is 35.9. The van der Waals surface area contributed by atoms with Gasteiger partial charge in [-0.15, -0.1) is 0 Å². The molecule has 11 heteroatoms. The fourth-order valence-electron chi connectivity index (χ4n) is 3.54. The molecule has 0 saturated carbocycles. The molecule has 0 amide bonds. The molecule has 3 N–H and O–H groups in total. The smallest absolute Gasteiger partial charge is 0.756 e. The van der Waals surface area contributed by atoms with Crippen molar-refractivity contribution in [2.45, 2.75) is 142 Å². The minimum absolute atomic E-state index is 0. The van der Waals surface area contributed by atoms with E-state index in [-0.39, 0.29) is 64.6 Å². The number of phosphoric ester groups is 2. The molecule has 0 rings (SSSR count). The Morgan fingerprint density at radius 2 is 0.771 bits per heavy atom. The van der Waals surface area contributed by atoms with E-state index in [1.165, 1.54) is 89.9 Å². The van der Waals surface area contributed by atoms with E-state index in [0.29, 0.717) is 6.42 Å². The predicted octanol–water partition coefficient (Wildman–Crippen LogP) is 4.41. The maximum Gasteiger partial charge on any atom is 1.00 e. The molecule has 0 radical (unpaired) electrons. The first-order chi connectivity index (χ1) is 16.1. The van der Waals surface area contributed by atoms with Gasteiger partial charge < -0.3 is 24.1 Å². The number of unbranched alkanes of at least 4 members (excludes halogenated alkanes) is 18. The van der Waals surface area contributed by atoms with Crippen LogP contribution in [0, 0.1) is 0 Å². The summed E-state index contributed by atoms with van der Waals surface area (Å²) in [5, 5.41) is 0. The summed E-state index contributed by atoms with van der Waals surface area (Å²) < 4.78 is 29.2. The molecule has 0 heterocycles. The van der Waals surface area contributed by atoms with Crippen LogP contribution in [0.2, 0.25) is 0 Å².